The van der Waals surface area contributed by atoms with Crippen molar-refractivity contribution in [1.82, 2.24) is 0 Å². The minimum Gasteiger partial charge on any atom is -0.462 e. The molecule has 0 saturated carbocycles. The predicted molar refractivity (Wildman–Crippen MR) is 307 cm³/mol. The fraction of sp³-hybridized carbons (Fsp3) is 0.800. The van der Waals surface area contributed by atoms with Gasteiger partial charge in [0.1, 0.15) is 13.2 Å². The zero-order chi connectivity index (χ0) is 51.4. The van der Waals surface area contributed by atoms with E-state index in [9.17, 15) is 14.4 Å². The van der Waals surface area contributed by atoms with Crippen molar-refractivity contribution in [1.29, 1.82) is 0 Å². The van der Waals surface area contributed by atoms with Crippen molar-refractivity contribution in [3.8, 4) is 0 Å². The van der Waals surface area contributed by atoms with Crippen LogP contribution in [0.2, 0.25) is 0 Å². The van der Waals surface area contributed by atoms with Crippen molar-refractivity contribution in [3.05, 3.63) is 60.8 Å². The highest BCUT2D eigenvalue weighted by atomic mass is 16.6. The Morgan fingerprint density at radius 1 is 0.296 bits per heavy atom. The third kappa shape index (κ3) is 57.9. The summed E-state index contributed by atoms with van der Waals surface area (Å²) < 4.78 is 16.9. The lowest BCUT2D eigenvalue weighted by Gasteiger charge is -2.18. The molecule has 0 N–H and O–H groups in total. The Labute approximate surface area is 440 Å². The molecule has 0 spiro atoms. The minimum absolute atomic E-state index is 0.0826. The van der Waals surface area contributed by atoms with Crippen LogP contribution in [0.15, 0.2) is 60.8 Å². The molecule has 71 heavy (non-hydrogen) atoms. The lowest BCUT2D eigenvalue weighted by molar-refractivity contribution is -0.167. The Kier molecular flexibility index (Phi) is 57.2. The zero-order valence-corrected chi connectivity index (χ0v) is 47.2. The molecule has 412 valence electrons. The van der Waals surface area contributed by atoms with Crippen LogP contribution in [0.3, 0.4) is 0 Å². The molecule has 0 aromatic carbocycles. The van der Waals surface area contributed by atoms with E-state index in [0.717, 1.165) is 89.9 Å². The second-order valence-corrected chi connectivity index (χ2v) is 20.6. The highest BCUT2D eigenvalue weighted by Crippen LogP contribution is 2.17. The summed E-state index contributed by atoms with van der Waals surface area (Å²) in [7, 11) is 0. The quantitative estimate of drug-likeness (QED) is 0.0261. The number of rotatable bonds is 56. The molecule has 0 aromatic rings. The van der Waals surface area contributed by atoms with E-state index in [4.69, 9.17) is 14.2 Å². The van der Waals surface area contributed by atoms with E-state index in [1.54, 1.807) is 0 Å². The van der Waals surface area contributed by atoms with Crippen LogP contribution in [0.5, 0.6) is 0 Å². The van der Waals surface area contributed by atoms with Crippen LogP contribution in [-0.2, 0) is 28.6 Å². The van der Waals surface area contributed by atoms with Gasteiger partial charge in [-0.1, -0.05) is 274 Å². The van der Waals surface area contributed by atoms with Crippen molar-refractivity contribution in [3.63, 3.8) is 0 Å². The maximum absolute atomic E-state index is 12.8. The van der Waals surface area contributed by atoms with Crippen LogP contribution in [0.25, 0.3) is 0 Å². The summed E-state index contributed by atoms with van der Waals surface area (Å²) in [6.07, 6.45) is 75.2. The molecule has 6 heteroatoms. The SMILES string of the molecule is CC/C=C\C/C=C\C/C=C\CCCCCC(=O)OC(COC(=O)CCCCCCCCCCCCCCC)COC(=O)CCCCCCCCCCCCCCCCC/C=C\C/C=C\CCCCCCC. The highest BCUT2D eigenvalue weighted by molar-refractivity contribution is 5.71. The average Bonchev–Trinajstić information content (AvgIpc) is 3.37. The first-order chi connectivity index (χ1) is 35.0. The second-order valence-electron chi connectivity index (χ2n) is 20.6. The van der Waals surface area contributed by atoms with Crippen LogP contribution in [-0.4, -0.2) is 37.2 Å². The Balaban J connectivity index is 4.20. The van der Waals surface area contributed by atoms with E-state index in [2.05, 4.69) is 81.5 Å². The van der Waals surface area contributed by atoms with E-state index < -0.39 is 6.10 Å². The van der Waals surface area contributed by atoms with Gasteiger partial charge in [-0.2, -0.15) is 0 Å². The molecule has 6 nitrogen and oxygen atoms in total. The third-order valence-corrected chi connectivity index (χ3v) is 13.5. The Bertz CT molecular complexity index is 1280. The summed E-state index contributed by atoms with van der Waals surface area (Å²) in [4.78, 5) is 38.1. The summed E-state index contributed by atoms with van der Waals surface area (Å²) in [5.74, 6) is -0.898. The van der Waals surface area contributed by atoms with Gasteiger partial charge in [0, 0.05) is 19.3 Å². The number of carbonyl (C=O) groups excluding carboxylic acids is 3. The van der Waals surface area contributed by atoms with Gasteiger partial charge in [0.15, 0.2) is 6.10 Å². The predicted octanol–water partition coefficient (Wildman–Crippen LogP) is 20.8. The molecule has 0 amide bonds. The molecule has 0 fully saturated rings. The van der Waals surface area contributed by atoms with Gasteiger partial charge in [-0.15, -0.1) is 0 Å². The molecule has 1 unspecified atom stereocenters. The van der Waals surface area contributed by atoms with Crippen LogP contribution >= 0.6 is 0 Å². The minimum atomic E-state index is -0.787. The second kappa shape index (κ2) is 59.7. The first-order valence-corrected chi connectivity index (χ1v) is 30.8. The van der Waals surface area contributed by atoms with Gasteiger partial charge in [0.25, 0.3) is 0 Å². The number of hydrogen-bond acceptors (Lipinski definition) is 6. The fourth-order valence-corrected chi connectivity index (χ4v) is 8.90. The summed E-state index contributed by atoms with van der Waals surface area (Å²) in [5.41, 5.74) is 0. The third-order valence-electron chi connectivity index (χ3n) is 13.5. The van der Waals surface area contributed by atoms with Crippen molar-refractivity contribution in [2.45, 2.75) is 322 Å². The summed E-state index contributed by atoms with van der Waals surface area (Å²) in [5, 5.41) is 0. The largest absolute Gasteiger partial charge is 0.462 e. The lowest BCUT2D eigenvalue weighted by atomic mass is 10.0. The number of esters is 3. The van der Waals surface area contributed by atoms with E-state index in [0.29, 0.717) is 19.3 Å². The van der Waals surface area contributed by atoms with E-state index in [1.165, 1.54) is 186 Å². The Hall–Kier alpha value is -2.89. The number of unbranched alkanes of at least 4 members (excludes halogenated alkanes) is 35. The molecular weight excluding hydrogens is 877 g/mol. The van der Waals surface area contributed by atoms with Crippen LogP contribution in [0, 0.1) is 0 Å². The van der Waals surface area contributed by atoms with Gasteiger partial charge in [-0.25, -0.2) is 0 Å². The molecule has 0 aromatic heterocycles. The summed E-state index contributed by atoms with van der Waals surface area (Å²) >= 11 is 0. The molecule has 0 aliphatic rings. The number of hydrogen-bond donors (Lipinski definition) is 0. The van der Waals surface area contributed by atoms with E-state index >= 15 is 0 Å². The van der Waals surface area contributed by atoms with Crippen LogP contribution in [0.4, 0.5) is 0 Å². The van der Waals surface area contributed by atoms with Crippen LogP contribution < -0.4 is 0 Å². The van der Waals surface area contributed by atoms with Gasteiger partial charge >= 0.3 is 17.9 Å². The van der Waals surface area contributed by atoms with E-state index in [-0.39, 0.29) is 31.1 Å². The topological polar surface area (TPSA) is 78.9 Å². The maximum atomic E-state index is 12.8. The van der Waals surface area contributed by atoms with Crippen molar-refractivity contribution >= 4 is 17.9 Å². The molecule has 0 aliphatic carbocycles. The first-order valence-electron chi connectivity index (χ1n) is 30.8. The number of allylic oxidation sites excluding steroid dienone is 10. The first kappa shape index (κ1) is 68.1. The molecule has 0 saturated heterocycles. The summed E-state index contributed by atoms with van der Waals surface area (Å²) in [6, 6.07) is 0. The van der Waals surface area contributed by atoms with Gasteiger partial charge < -0.3 is 14.2 Å². The molecule has 0 heterocycles. The molecule has 0 radical (unpaired) electrons. The fourth-order valence-electron chi connectivity index (χ4n) is 8.90. The van der Waals surface area contributed by atoms with E-state index in [1.807, 2.05) is 0 Å². The Morgan fingerprint density at radius 3 is 0.873 bits per heavy atom. The van der Waals surface area contributed by atoms with Gasteiger partial charge in [-0.05, 0) is 83.5 Å². The maximum Gasteiger partial charge on any atom is 0.306 e. The van der Waals surface area contributed by atoms with Crippen LogP contribution in [0.1, 0.15) is 316 Å². The standard InChI is InChI=1S/C65H116O6/c1-4-7-10-13-16-19-22-25-26-27-28-29-30-31-32-33-34-35-36-37-38-41-43-46-49-52-55-58-64(67)70-61-62(71-65(68)59-56-53-50-47-44-40-24-21-18-15-12-9-6-3)60-69-63(66)57-54-51-48-45-42-39-23-20-17-14-11-8-5-2/h9,12,18,21-22,25,27-28,40,44,62H,4-8,10-11,13-17,19-20,23-24,26,29-39,41-43,45-61H2,1-3H3/b12-9-,21-18-,25-22-,28-27-,44-40-. The molecule has 0 bridgehead atoms. The smallest absolute Gasteiger partial charge is 0.306 e. The van der Waals surface area contributed by atoms with Gasteiger partial charge in [-0.3, -0.25) is 14.4 Å². The van der Waals surface area contributed by atoms with Gasteiger partial charge in [0.2, 0.25) is 0 Å². The monoisotopic (exact) mass is 993 g/mol. The lowest BCUT2D eigenvalue weighted by Crippen LogP contribution is -2.30. The van der Waals surface area contributed by atoms with Crippen molar-refractivity contribution in [2.75, 3.05) is 13.2 Å². The molecule has 0 rings (SSSR count). The van der Waals surface area contributed by atoms with Crippen molar-refractivity contribution in [2.24, 2.45) is 0 Å². The van der Waals surface area contributed by atoms with Gasteiger partial charge in [0.05, 0.1) is 0 Å². The van der Waals surface area contributed by atoms with Crippen molar-refractivity contribution < 1.29 is 28.6 Å². The normalized spacial score (nSPS) is 12.4. The molecular formula is C65H116O6. The average molecular weight is 994 g/mol. The summed E-state index contributed by atoms with van der Waals surface area (Å²) in [6.45, 7) is 6.52. The highest BCUT2D eigenvalue weighted by Gasteiger charge is 2.19. The zero-order valence-electron chi connectivity index (χ0n) is 47.2. The Morgan fingerprint density at radius 2 is 0.549 bits per heavy atom. The molecule has 1 atom stereocenters. The number of ether oxygens (including phenoxy) is 3. The number of carbonyl (C=O) groups is 3. The molecule has 0 aliphatic heterocycles.